The van der Waals surface area contributed by atoms with E-state index in [1.54, 1.807) is 0 Å². The van der Waals surface area contributed by atoms with Gasteiger partial charge in [-0.3, -0.25) is 4.90 Å². The van der Waals surface area contributed by atoms with Crippen LogP contribution in [0.3, 0.4) is 0 Å². The van der Waals surface area contributed by atoms with E-state index in [2.05, 4.69) is 6.07 Å². The smallest absolute Gasteiger partial charge is 0.0868 e. The third-order valence-corrected chi connectivity index (χ3v) is 2.89. The average Bonchev–Trinajstić information content (AvgIpc) is 2.22. The maximum Gasteiger partial charge on any atom is 0.0868 e. The van der Waals surface area contributed by atoms with Gasteiger partial charge in [-0.1, -0.05) is 36.2 Å². The lowest BCUT2D eigenvalue weighted by molar-refractivity contribution is 0.315. The first kappa shape index (κ1) is 12.3. The molecule has 0 radical (unpaired) electrons. The van der Waals surface area contributed by atoms with Gasteiger partial charge in [-0.25, -0.2) is 0 Å². The van der Waals surface area contributed by atoms with E-state index in [0.717, 1.165) is 12.1 Å². The lowest BCUT2D eigenvalue weighted by atomic mass is 10.2. The molecule has 0 fully saturated rings. The first-order valence-electron chi connectivity index (χ1n) is 4.71. The SMILES string of the molecule is CCN(CC#N)Cc1c(Cl)cccc1Cl. The van der Waals surface area contributed by atoms with Crippen molar-refractivity contribution in [3.05, 3.63) is 33.8 Å². The summed E-state index contributed by atoms with van der Waals surface area (Å²) in [6, 6.07) is 7.55. The summed E-state index contributed by atoms with van der Waals surface area (Å²) >= 11 is 12.1. The van der Waals surface area contributed by atoms with Gasteiger partial charge < -0.3 is 0 Å². The van der Waals surface area contributed by atoms with Crippen LogP contribution in [0.25, 0.3) is 0 Å². The van der Waals surface area contributed by atoms with Gasteiger partial charge in [0, 0.05) is 22.2 Å². The Morgan fingerprint density at radius 1 is 1.33 bits per heavy atom. The summed E-state index contributed by atoms with van der Waals surface area (Å²) in [5.41, 5.74) is 0.887. The van der Waals surface area contributed by atoms with Crippen molar-refractivity contribution in [3.8, 4) is 6.07 Å². The van der Waals surface area contributed by atoms with Gasteiger partial charge in [0.05, 0.1) is 12.6 Å². The zero-order valence-electron chi connectivity index (χ0n) is 8.50. The zero-order valence-corrected chi connectivity index (χ0v) is 10.0. The van der Waals surface area contributed by atoms with Crippen molar-refractivity contribution in [2.24, 2.45) is 0 Å². The number of halogens is 2. The topological polar surface area (TPSA) is 27.0 Å². The highest BCUT2D eigenvalue weighted by atomic mass is 35.5. The molecule has 0 saturated carbocycles. The third kappa shape index (κ3) is 3.39. The van der Waals surface area contributed by atoms with Crippen LogP contribution in [0.4, 0.5) is 0 Å². The molecule has 1 aromatic rings. The van der Waals surface area contributed by atoms with Crippen LogP contribution in [0.5, 0.6) is 0 Å². The van der Waals surface area contributed by atoms with Gasteiger partial charge in [0.25, 0.3) is 0 Å². The van der Waals surface area contributed by atoms with E-state index < -0.39 is 0 Å². The van der Waals surface area contributed by atoms with Gasteiger partial charge in [-0.15, -0.1) is 0 Å². The Morgan fingerprint density at radius 3 is 2.40 bits per heavy atom. The molecule has 0 aliphatic rings. The fourth-order valence-electron chi connectivity index (χ4n) is 1.29. The molecule has 1 aromatic carbocycles. The Balaban J connectivity index is 2.83. The molecule has 0 amide bonds. The van der Waals surface area contributed by atoms with Gasteiger partial charge in [-0.05, 0) is 18.7 Å². The predicted octanol–water partition coefficient (Wildman–Crippen LogP) is 3.34. The lowest BCUT2D eigenvalue weighted by Crippen LogP contribution is -2.23. The molecule has 0 atom stereocenters. The summed E-state index contributed by atoms with van der Waals surface area (Å²) < 4.78 is 0. The second-order valence-corrected chi connectivity index (χ2v) is 3.98. The molecular formula is C11H12Cl2N2. The van der Waals surface area contributed by atoms with Crippen molar-refractivity contribution < 1.29 is 0 Å². The molecule has 15 heavy (non-hydrogen) atoms. The van der Waals surface area contributed by atoms with Crippen LogP contribution >= 0.6 is 23.2 Å². The molecule has 80 valence electrons. The first-order valence-corrected chi connectivity index (χ1v) is 5.46. The van der Waals surface area contributed by atoms with E-state index in [-0.39, 0.29) is 0 Å². The van der Waals surface area contributed by atoms with Crippen molar-refractivity contribution in [2.75, 3.05) is 13.1 Å². The van der Waals surface area contributed by atoms with Gasteiger partial charge in [-0.2, -0.15) is 5.26 Å². The fourth-order valence-corrected chi connectivity index (χ4v) is 1.80. The molecule has 2 nitrogen and oxygen atoms in total. The molecular weight excluding hydrogens is 231 g/mol. The Labute approximate surface area is 100 Å². The van der Waals surface area contributed by atoms with Gasteiger partial charge in [0.2, 0.25) is 0 Å². The summed E-state index contributed by atoms with van der Waals surface area (Å²) in [5.74, 6) is 0. The number of nitrogens with zero attached hydrogens (tertiary/aromatic N) is 2. The predicted molar refractivity (Wildman–Crippen MR) is 63.0 cm³/mol. The average molecular weight is 243 g/mol. The van der Waals surface area contributed by atoms with Crippen molar-refractivity contribution >= 4 is 23.2 Å². The standard InChI is InChI=1S/C11H12Cl2N2/c1-2-15(7-6-14)8-9-10(12)4-3-5-11(9)13/h3-5H,2,7-8H2,1H3. The largest absolute Gasteiger partial charge is 0.286 e. The molecule has 0 heterocycles. The molecule has 1 rings (SSSR count). The van der Waals surface area contributed by atoms with E-state index >= 15 is 0 Å². The monoisotopic (exact) mass is 242 g/mol. The minimum Gasteiger partial charge on any atom is -0.286 e. The quantitative estimate of drug-likeness (QED) is 0.758. The highest BCUT2D eigenvalue weighted by Crippen LogP contribution is 2.25. The molecule has 0 aliphatic heterocycles. The Hall–Kier alpha value is -0.750. The number of nitriles is 1. The van der Waals surface area contributed by atoms with Crippen molar-refractivity contribution in [2.45, 2.75) is 13.5 Å². The second kappa shape index (κ2) is 5.97. The van der Waals surface area contributed by atoms with Crippen LogP contribution in [0.15, 0.2) is 18.2 Å². The Morgan fingerprint density at radius 2 is 1.93 bits per heavy atom. The summed E-state index contributed by atoms with van der Waals surface area (Å²) in [5, 5.41) is 9.93. The van der Waals surface area contributed by atoms with Gasteiger partial charge >= 0.3 is 0 Å². The highest BCUT2D eigenvalue weighted by molar-refractivity contribution is 6.35. The van der Waals surface area contributed by atoms with Crippen LogP contribution in [-0.4, -0.2) is 18.0 Å². The molecule has 0 aliphatic carbocycles. The number of hydrogen-bond acceptors (Lipinski definition) is 2. The van der Waals surface area contributed by atoms with Crippen LogP contribution in [0.2, 0.25) is 10.0 Å². The molecule has 0 unspecified atom stereocenters. The maximum atomic E-state index is 8.63. The summed E-state index contributed by atoms with van der Waals surface area (Å²) in [6.07, 6.45) is 0. The number of rotatable bonds is 4. The maximum absolute atomic E-state index is 8.63. The van der Waals surface area contributed by atoms with Crippen molar-refractivity contribution in [1.29, 1.82) is 5.26 Å². The summed E-state index contributed by atoms with van der Waals surface area (Å²) in [4.78, 5) is 1.98. The second-order valence-electron chi connectivity index (χ2n) is 3.16. The highest BCUT2D eigenvalue weighted by Gasteiger charge is 2.09. The van der Waals surface area contributed by atoms with E-state index in [1.165, 1.54) is 0 Å². The molecule has 0 bridgehead atoms. The van der Waals surface area contributed by atoms with Crippen LogP contribution < -0.4 is 0 Å². The van der Waals surface area contributed by atoms with E-state index in [0.29, 0.717) is 23.1 Å². The van der Waals surface area contributed by atoms with Crippen LogP contribution in [0.1, 0.15) is 12.5 Å². The van der Waals surface area contributed by atoms with Crippen LogP contribution in [-0.2, 0) is 6.54 Å². The molecule has 0 spiro atoms. The number of benzene rings is 1. The van der Waals surface area contributed by atoms with E-state index in [1.807, 2.05) is 30.0 Å². The normalized spacial score (nSPS) is 10.3. The lowest BCUT2D eigenvalue weighted by Gasteiger charge is -2.18. The molecule has 0 saturated heterocycles. The zero-order chi connectivity index (χ0) is 11.3. The minimum atomic E-state index is 0.387. The number of hydrogen-bond donors (Lipinski definition) is 0. The fraction of sp³-hybridized carbons (Fsp3) is 0.364. The summed E-state index contributed by atoms with van der Waals surface area (Å²) in [7, 11) is 0. The van der Waals surface area contributed by atoms with Crippen molar-refractivity contribution in [1.82, 2.24) is 4.90 Å². The van der Waals surface area contributed by atoms with Crippen molar-refractivity contribution in [3.63, 3.8) is 0 Å². The molecule has 0 aromatic heterocycles. The van der Waals surface area contributed by atoms with Gasteiger partial charge in [0.15, 0.2) is 0 Å². The summed E-state index contributed by atoms with van der Waals surface area (Å²) in [6.45, 7) is 3.80. The molecule has 0 N–H and O–H groups in total. The molecule has 4 heteroatoms. The minimum absolute atomic E-state index is 0.387. The van der Waals surface area contributed by atoms with E-state index in [9.17, 15) is 0 Å². The third-order valence-electron chi connectivity index (χ3n) is 2.18. The van der Waals surface area contributed by atoms with Crippen LogP contribution in [0, 0.1) is 11.3 Å². The Bertz CT molecular complexity index is 351. The Kier molecular flexibility index (Phi) is 4.90. The van der Waals surface area contributed by atoms with Gasteiger partial charge in [0.1, 0.15) is 0 Å². The van der Waals surface area contributed by atoms with E-state index in [4.69, 9.17) is 28.5 Å². The first-order chi connectivity index (χ1) is 7.19.